The van der Waals surface area contributed by atoms with Crippen LogP contribution in [0.4, 0.5) is 0 Å². The molecule has 0 radical (unpaired) electrons. The summed E-state index contributed by atoms with van der Waals surface area (Å²) in [6.45, 7) is 9.22. The van der Waals surface area contributed by atoms with Gasteiger partial charge in [0.05, 0.1) is 12.7 Å². The van der Waals surface area contributed by atoms with Crippen molar-refractivity contribution in [2.24, 2.45) is 11.3 Å². The van der Waals surface area contributed by atoms with E-state index in [0.29, 0.717) is 12.0 Å². The molecule has 2 nitrogen and oxygen atoms in total. The van der Waals surface area contributed by atoms with Crippen molar-refractivity contribution < 1.29 is 9.47 Å². The molecule has 1 aliphatic rings. The van der Waals surface area contributed by atoms with Crippen LogP contribution in [0.15, 0.2) is 0 Å². The van der Waals surface area contributed by atoms with Gasteiger partial charge in [-0.15, -0.1) is 0 Å². The first-order valence-corrected chi connectivity index (χ1v) is 7.01. The Hall–Kier alpha value is 0.270. The third-order valence-corrected chi connectivity index (χ3v) is 4.04. The summed E-state index contributed by atoms with van der Waals surface area (Å²) < 4.78 is 11.4. The van der Waals surface area contributed by atoms with Crippen LogP contribution in [0.1, 0.15) is 40.0 Å². The molecule has 0 bridgehead atoms. The summed E-state index contributed by atoms with van der Waals surface area (Å²) in [6, 6.07) is 0. The minimum atomic E-state index is 0.257. The zero-order valence-corrected chi connectivity index (χ0v) is 11.8. The smallest absolute Gasteiger partial charge is 0.0549 e. The second kappa shape index (κ2) is 6.87. The monoisotopic (exact) mass is 246 g/mol. The minimum absolute atomic E-state index is 0.257. The molecule has 3 heteroatoms. The van der Waals surface area contributed by atoms with Crippen LogP contribution in [0.3, 0.4) is 0 Å². The molecule has 0 aromatic carbocycles. The highest BCUT2D eigenvalue weighted by Gasteiger charge is 2.32. The van der Waals surface area contributed by atoms with E-state index in [1.165, 1.54) is 0 Å². The number of hydrogen-bond donors (Lipinski definition) is 1. The molecule has 0 N–H and O–H groups in total. The van der Waals surface area contributed by atoms with Gasteiger partial charge in [-0.25, -0.2) is 0 Å². The standard InChI is InChI=1S/C13H26O2S/c1-11(2)8-12(3)15-9-13(10-16)4-6-14-7-5-13/h11-12,16H,4-10H2,1-3H3. The first kappa shape index (κ1) is 14.3. The van der Waals surface area contributed by atoms with Crippen LogP contribution < -0.4 is 0 Å². The molecule has 0 aliphatic carbocycles. The van der Waals surface area contributed by atoms with Gasteiger partial charge in [-0.2, -0.15) is 12.6 Å². The van der Waals surface area contributed by atoms with Crippen LogP contribution in [-0.4, -0.2) is 31.7 Å². The average molecular weight is 246 g/mol. The average Bonchev–Trinajstić information content (AvgIpc) is 2.27. The van der Waals surface area contributed by atoms with Gasteiger partial charge in [-0.1, -0.05) is 13.8 Å². The molecule has 1 rings (SSSR count). The first-order valence-electron chi connectivity index (χ1n) is 6.38. The molecule has 96 valence electrons. The van der Waals surface area contributed by atoms with E-state index in [4.69, 9.17) is 9.47 Å². The fourth-order valence-electron chi connectivity index (χ4n) is 2.20. The fraction of sp³-hybridized carbons (Fsp3) is 1.00. The van der Waals surface area contributed by atoms with Crippen molar-refractivity contribution >= 4 is 12.6 Å². The van der Waals surface area contributed by atoms with Crippen LogP contribution in [0, 0.1) is 11.3 Å². The Kier molecular flexibility index (Phi) is 6.16. The molecule has 0 spiro atoms. The maximum atomic E-state index is 5.98. The Labute approximate surface area is 105 Å². The zero-order valence-electron chi connectivity index (χ0n) is 10.9. The predicted molar refractivity (Wildman–Crippen MR) is 71.2 cm³/mol. The van der Waals surface area contributed by atoms with Gasteiger partial charge >= 0.3 is 0 Å². The van der Waals surface area contributed by atoms with Crippen molar-refractivity contribution in [1.29, 1.82) is 0 Å². The van der Waals surface area contributed by atoms with Crippen LogP contribution in [0.25, 0.3) is 0 Å². The van der Waals surface area contributed by atoms with E-state index in [1.54, 1.807) is 0 Å². The molecular formula is C13H26O2S. The molecule has 0 aromatic heterocycles. The second-order valence-electron chi connectivity index (χ2n) is 5.52. The van der Waals surface area contributed by atoms with Gasteiger partial charge < -0.3 is 9.47 Å². The van der Waals surface area contributed by atoms with Crippen LogP contribution in [0.2, 0.25) is 0 Å². The van der Waals surface area contributed by atoms with Crippen molar-refractivity contribution in [3.05, 3.63) is 0 Å². The van der Waals surface area contributed by atoms with E-state index in [0.717, 1.165) is 44.8 Å². The molecule has 0 saturated carbocycles. The summed E-state index contributed by atoms with van der Waals surface area (Å²) >= 11 is 4.49. The lowest BCUT2D eigenvalue weighted by Gasteiger charge is -2.36. The van der Waals surface area contributed by atoms with E-state index in [1.807, 2.05) is 0 Å². The van der Waals surface area contributed by atoms with Gasteiger partial charge in [-0.05, 0) is 37.9 Å². The molecule has 16 heavy (non-hydrogen) atoms. The van der Waals surface area contributed by atoms with Crippen LogP contribution >= 0.6 is 12.6 Å². The molecule has 1 heterocycles. The summed E-state index contributed by atoms with van der Waals surface area (Å²) in [5.74, 6) is 1.61. The number of ether oxygens (including phenoxy) is 2. The Morgan fingerprint density at radius 1 is 1.25 bits per heavy atom. The normalized spacial score (nSPS) is 22.3. The maximum Gasteiger partial charge on any atom is 0.0549 e. The summed E-state index contributed by atoms with van der Waals surface area (Å²) in [4.78, 5) is 0. The third kappa shape index (κ3) is 4.64. The topological polar surface area (TPSA) is 18.5 Å². The highest BCUT2D eigenvalue weighted by molar-refractivity contribution is 7.80. The van der Waals surface area contributed by atoms with Crippen LogP contribution in [0.5, 0.6) is 0 Å². The van der Waals surface area contributed by atoms with E-state index in [2.05, 4.69) is 33.4 Å². The van der Waals surface area contributed by atoms with E-state index in [-0.39, 0.29) is 5.41 Å². The van der Waals surface area contributed by atoms with E-state index >= 15 is 0 Å². The molecule has 0 aromatic rings. The Morgan fingerprint density at radius 2 is 1.88 bits per heavy atom. The zero-order chi connectivity index (χ0) is 12.0. The maximum absolute atomic E-state index is 5.98. The highest BCUT2D eigenvalue weighted by Crippen LogP contribution is 2.32. The molecule has 1 unspecified atom stereocenters. The van der Waals surface area contributed by atoms with E-state index in [9.17, 15) is 0 Å². The lowest BCUT2D eigenvalue weighted by atomic mass is 9.83. The van der Waals surface area contributed by atoms with Gasteiger partial charge in [0.15, 0.2) is 0 Å². The lowest BCUT2D eigenvalue weighted by molar-refractivity contribution is -0.0517. The second-order valence-corrected chi connectivity index (χ2v) is 5.84. The van der Waals surface area contributed by atoms with Gasteiger partial charge in [0, 0.05) is 18.6 Å². The summed E-state index contributed by atoms with van der Waals surface area (Å²) in [6.07, 6.45) is 3.68. The van der Waals surface area contributed by atoms with Crippen molar-refractivity contribution in [2.45, 2.75) is 46.1 Å². The Balaban J connectivity index is 2.32. The van der Waals surface area contributed by atoms with E-state index < -0.39 is 0 Å². The van der Waals surface area contributed by atoms with Crippen molar-refractivity contribution in [2.75, 3.05) is 25.6 Å². The molecule has 1 fully saturated rings. The Morgan fingerprint density at radius 3 is 2.38 bits per heavy atom. The molecule has 0 amide bonds. The first-order chi connectivity index (χ1) is 7.58. The van der Waals surface area contributed by atoms with Gasteiger partial charge in [0.2, 0.25) is 0 Å². The lowest BCUT2D eigenvalue weighted by Crippen LogP contribution is -2.37. The highest BCUT2D eigenvalue weighted by atomic mass is 32.1. The Bertz CT molecular complexity index is 188. The summed E-state index contributed by atoms with van der Waals surface area (Å²) in [7, 11) is 0. The number of hydrogen-bond acceptors (Lipinski definition) is 3. The van der Waals surface area contributed by atoms with Crippen LogP contribution in [-0.2, 0) is 9.47 Å². The molecule has 1 aliphatic heterocycles. The fourth-order valence-corrected chi connectivity index (χ4v) is 2.61. The van der Waals surface area contributed by atoms with Gasteiger partial charge in [0.1, 0.15) is 0 Å². The molecule has 1 atom stereocenters. The quantitative estimate of drug-likeness (QED) is 0.726. The van der Waals surface area contributed by atoms with Crippen molar-refractivity contribution in [3.8, 4) is 0 Å². The van der Waals surface area contributed by atoms with Crippen molar-refractivity contribution in [3.63, 3.8) is 0 Å². The van der Waals surface area contributed by atoms with Gasteiger partial charge in [-0.3, -0.25) is 0 Å². The molecular weight excluding hydrogens is 220 g/mol. The SMILES string of the molecule is CC(C)CC(C)OCC1(CS)CCOCC1. The van der Waals surface area contributed by atoms with Gasteiger partial charge in [0.25, 0.3) is 0 Å². The largest absolute Gasteiger partial charge is 0.381 e. The minimum Gasteiger partial charge on any atom is -0.381 e. The third-order valence-electron chi connectivity index (χ3n) is 3.37. The summed E-state index contributed by atoms with van der Waals surface area (Å²) in [5.41, 5.74) is 0.257. The molecule has 1 saturated heterocycles. The predicted octanol–water partition coefficient (Wildman–Crippen LogP) is 3.16. The number of thiol groups is 1. The van der Waals surface area contributed by atoms with Crippen molar-refractivity contribution in [1.82, 2.24) is 0 Å². The summed E-state index contributed by atoms with van der Waals surface area (Å²) in [5, 5.41) is 0. The number of rotatable bonds is 6.